The maximum atomic E-state index is 13.6. The number of amides is 2. The molecule has 0 radical (unpaired) electrons. The van der Waals surface area contributed by atoms with Crippen LogP contribution in [0.15, 0.2) is 28.5 Å². The zero-order valence-electron chi connectivity index (χ0n) is 20.9. The summed E-state index contributed by atoms with van der Waals surface area (Å²) in [6, 6.07) is 6.34. The summed E-state index contributed by atoms with van der Waals surface area (Å²) in [5, 5.41) is 13.9. The van der Waals surface area contributed by atoms with Gasteiger partial charge >= 0.3 is 0 Å². The molecule has 2 amide bonds. The van der Waals surface area contributed by atoms with Crippen molar-refractivity contribution in [2.24, 2.45) is 0 Å². The second kappa shape index (κ2) is 10.4. The average Bonchev–Trinajstić information content (AvgIpc) is 3.52. The number of thiazole rings is 1. The summed E-state index contributed by atoms with van der Waals surface area (Å²) in [4.78, 5) is 34.6. The highest BCUT2D eigenvalue weighted by atomic mass is 32.2. The minimum atomic E-state index is -3.87. The van der Waals surface area contributed by atoms with Crippen molar-refractivity contribution in [2.75, 3.05) is 33.7 Å². The Labute approximate surface area is 228 Å². The van der Waals surface area contributed by atoms with Gasteiger partial charge in [-0.15, -0.1) is 29.1 Å². The molecule has 38 heavy (non-hydrogen) atoms. The molecule has 2 aliphatic heterocycles. The van der Waals surface area contributed by atoms with Crippen molar-refractivity contribution in [2.45, 2.75) is 35.9 Å². The van der Waals surface area contributed by atoms with Crippen LogP contribution in [0.5, 0.6) is 0 Å². The summed E-state index contributed by atoms with van der Waals surface area (Å²) < 4.78 is 29.6. The fourth-order valence-corrected chi connectivity index (χ4v) is 8.64. The van der Waals surface area contributed by atoms with Crippen LogP contribution < -0.4 is 5.32 Å². The van der Waals surface area contributed by atoms with Gasteiger partial charge in [-0.2, -0.15) is 4.31 Å². The Balaban J connectivity index is 1.41. The van der Waals surface area contributed by atoms with Gasteiger partial charge < -0.3 is 14.9 Å². The molecular weight excluding hydrogens is 547 g/mol. The predicted octanol–water partition coefficient (Wildman–Crippen LogP) is 1.30. The maximum absolute atomic E-state index is 13.6. The molecule has 2 aromatic heterocycles. The molecule has 2 aliphatic rings. The molecule has 1 aromatic carbocycles. The van der Waals surface area contributed by atoms with Gasteiger partial charge in [-0.1, -0.05) is 12.0 Å². The number of aliphatic hydroxyl groups excluding tert-OH is 1. The molecule has 2 N–H and O–H groups in total. The number of sulfonamides is 1. The molecule has 0 bridgehead atoms. The number of carbonyl (C=O) groups is 2. The SMILES string of the molecule is C#Cc1ccc2cc(S(=O)(=O)N3CCN(C(=O)c4nc5c(s4)CNC(O)C5)C(CC(=O)N(C)C)C3)sc2c1. The Morgan fingerprint density at radius 2 is 2.05 bits per heavy atom. The molecule has 10 nitrogen and oxygen atoms in total. The lowest BCUT2D eigenvalue weighted by molar-refractivity contribution is -0.130. The molecule has 5 rings (SSSR count). The number of hydrogen-bond acceptors (Lipinski definition) is 9. The first kappa shape index (κ1) is 26.7. The number of fused-ring (bicyclic) bond motifs is 2. The number of aromatic nitrogens is 1. The average molecular weight is 574 g/mol. The summed E-state index contributed by atoms with van der Waals surface area (Å²) in [6.07, 6.45) is 5.07. The zero-order chi connectivity index (χ0) is 27.2. The fourth-order valence-electron chi connectivity index (χ4n) is 4.58. The lowest BCUT2D eigenvalue weighted by Gasteiger charge is -2.40. The molecule has 4 heterocycles. The van der Waals surface area contributed by atoms with Crippen LogP contribution in [0.3, 0.4) is 0 Å². The summed E-state index contributed by atoms with van der Waals surface area (Å²) in [6.45, 7) is 0.632. The highest BCUT2D eigenvalue weighted by Gasteiger charge is 2.39. The Hall–Kier alpha value is -2.86. The maximum Gasteiger partial charge on any atom is 0.283 e. The Morgan fingerprint density at radius 3 is 2.79 bits per heavy atom. The molecule has 3 aromatic rings. The van der Waals surface area contributed by atoms with Crippen molar-refractivity contribution in [1.82, 2.24) is 24.4 Å². The van der Waals surface area contributed by atoms with Crippen LogP contribution in [0.25, 0.3) is 10.1 Å². The standard InChI is InChI=1S/C25H27N5O5S3/c1-4-15-5-6-16-10-23(36-19(16)9-15)38(34,35)29-7-8-30(17(14-29)11-22(32)28(2)3)25(33)24-27-18-12-21(31)26-13-20(18)37-24/h1,5-6,9-10,17,21,26,31H,7-8,11-14H2,2-3H3. The number of nitrogens with zero attached hydrogens (tertiary/aromatic N) is 4. The van der Waals surface area contributed by atoms with Crippen LogP contribution in [0, 0.1) is 12.3 Å². The van der Waals surface area contributed by atoms with E-state index in [2.05, 4.69) is 16.2 Å². The minimum Gasteiger partial charge on any atom is -0.378 e. The number of terminal acetylenes is 1. The normalized spacial score (nSPS) is 20.2. The first-order valence-electron chi connectivity index (χ1n) is 12.0. The zero-order valence-corrected chi connectivity index (χ0v) is 23.3. The minimum absolute atomic E-state index is 0.0110. The van der Waals surface area contributed by atoms with Gasteiger partial charge in [0.2, 0.25) is 5.91 Å². The summed E-state index contributed by atoms with van der Waals surface area (Å²) in [5.41, 5.74) is 1.36. The molecule has 200 valence electrons. The van der Waals surface area contributed by atoms with Crippen LogP contribution in [0.1, 0.15) is 32.4 Å². The molecule has 1 saturated heterocycles. The van der Waals surface area contributed by atoms with Gasteiger partial charge in [0.1, 0.15) is 10.4 Å². The first-order valence-corrected chi connectivity index (χ1v) is 15.1. The summed E-state index contributed by atoms with van der Waals surface area (Å²) in [7, 11) is -0.615. The monoisotopic (exact) mass is 573 g/mol. The highest BCUT2D eigenvalue weighted by molar-refractivity contribution is 7.91. The van der Waals surface area contributed by atoms with Crippen molar-refractivity contribution in [1.29, 1.82) is 0 Å². The van der Waals surface area contributed by atoms with Crippen LogP contribution in [-0.4, -0.2) is 90.4 Å². The van der Waals surface area contributed by atoms with Crippen molar-refractivity contribution < 1.29 is 23.1 Å². The van der Waals surface area contributed by atoms with Crippen molar-refractivity contribution in [3.8, 4) is 12.3 Å². The number of nitrogens with one attached hydrogen (secondary N) is 1. The van der Waals surface area contributed by atoms with Gasteiger partial charge in [-0.25, -0.2) is 13.4 Å². The van der Waals surface area contributed by atoms with E-state index >= 15 is 0 Å². The van der Waals surface area contributed by atoms with E-state index in [9.17, 15) is 23.1 Å². The number of hydrogen-bond donors (Lipinski definition) is 2. The number of rotatable bonds is 5. The van der Waals surface area contributed by atoms with Gasteiger partial charge in [-0.3, -0.25) is 14.9 Å². The van der Waals surface area contributed by atoms with Crippen LogP contribution in [0.2, 0.25) is 0 Å². The second-order valence-corrected chi connectivity index (χ2v) is 13.8. The molecular formula is C25H27N5O5S3. The van der Waals surface area contributed by atoms with E-state index in [0.717, 1.165) is 26.3 Å². The van der Waals surface area contributed by atoms with Crippen LogP contribution in [-0.2, 0) is 27.8 Å². The molecule has 2 unspecified atom stereocenters. The lowest BCUT2D eigenvalue weighted by atomic mass is 10.1. The largest absolute Gasteiger partial charge is 0.378 e. The smallest absolute Gasteiger partial charge is 0.283 e. The number of piperazine rings is 1. The predicted molar refractivity (Wildman–Crippen MR) is 145 cm³/mol. The van der Waals surface area contributed by atoms with E-state index in [0.29, 0.717) is 24.2 Å². The molecule has 13 heteroatoms. The van der Waals surface area contributed by atoms with Crippen LogP contribution in [0.4, 0.5) is 0 Å². The summed E-state index contributed by atoms with van der Waals surface area (Å²) in [5.74, 6) is 2.02. The molecule has 2 atom stereocenters. The fraction of sp³-hybridized carbons (Fsp3) is 0.400. The van der Waals surface area contributed by atoms with Crippen molar-refractivity contribution >= 4 is 54.6 Å². The molecule has 1 fully saturated rings. The van der Waals surface area contributed by atoms with Crippen LogP contribution >= 0.6 is 22.7 Å². The molecule has 0 spiro atoms. The van der Waals surface area contributed by atoms with E-state index in [-0.39, 0.29) is 47.1 Å². The lowest BCUT2D eigenvalue weighted by Crippen LogP contribution is -2.57. The Morgan fingerprint density at radius 1 is 1.26 bits per heavy atom. The number of aliphatic hydroxyl groups is 1. The van der Waals surface area contributed by atoms with E-state index in [4.69, 9.17) is 6.42 Å². The Bertz CT molecular complexity index is 1550. The summed E-state index contributed by atoms with van der Waals surface area (Å²) >= 11 is 2.41. The highest BCUT2D eigenvalue weighted by Crippen LogP contribution is 2.33. The first-order chi connectivity index (χ1) is 18.1. The molecule has 0 saturated carbocycles. The van der Waals surface area contributed by atoms with Gasteiger partial charge in [0.15, 0.2) is 5.01 Å². The third kappa shape index (κ3) is 5.07. The van der Waals surface area contributed by atoms with Crippen molar-refractivity contribution in [3.63, 3.8) is 0 Å². The van der Waals surface area contributed by atoms with E-state index in [1.807, 2.05) is 0 Å². The topological polar surface area (TPSA) is 123 Å². The van der Waals surface area contributed by atoms with Gasteiger partial charge in [0, 0.05) is 68.3 Å². The number of carbonyl (C=O) groups excluding carboxylic acids is 2. The van der Waals surface area contributed by atoms with Gasteiger partial charge in [0.05, 0.1) is 11.7 Å². The third-order valence-corrected chi connectivity index (χ3v) is 11.2. The third-order valence-electron chi connectivity index (χ3n) is 6.72. The van der Waals surface area contributed by atoms with E-state index in [1.54, 1.807) is 43.3 Å². The van der Waals surface area contributed by atoms with Gasteiger partial charge in [0.25, 0.3) is 15.9 Å². The second-order valence-electron chi connectivity index (χ2n) is 9.46. The van der Waals surface area contributed by atoms with Crippen molar-refractivity contribution in [3.05, 3.63) is 45.4 Å². The van der Waals surface area contributed by atoms with E-state index in [1.165, 1.54) is 20.5 Å². The quantitative estimate of drug-likeness (QED) is 0.441. The van der Waals surface area contributed by atoms with E-state index < -0.39 is 22.3 Å². The number of benzene rings is 1. The molecule has 0 aliphatic carbocycles. The number of thiophene rings is 1. The Kier molecular flexibility index (Phi) is 7.29. The van der Waals surface area contributed by atoms with Gasteiger partial charge in [-0.05, 0) is 23.6 Å².